The predicted molar refractivity (Wildman–Crippen MR) is 152 cm³/mol. The number of rotatable bonds is 11. The number of halogens is 3. The molecule has 3 aromatic carbocycles. The number of hydrogen-bond donors (Lipinski definition) is 1. The van der Waals surface area contributed by atoms with Crippen LogP contribution in [-0.2, 0) is 26.2 Å². The minimum absolute atomic E-state index is 0.0135. The van der Waals surface area contributed by atoms with Crippen molar-refractivity contribution in [3.05, 3.63) is 93.4 Å². The maximum absolute atomic E-state index is 13.9. The highest BCUT2D eigenvalue weighted by Crippen LogP contribution is 2.28. The lowest BCUT2D eigenvalue weighted by Gasteiger charge is -2.33. The number of hydrogen-bond acceptors (Lipinski definition) is 4. The molecule has 0 fully saturated rings. The van der Waals surface area contributed by atoms with E-state index in [0.717, 1.165) is 4.31 Å². The van der Waals surface area contributed by atoms with Gasteiger partial charge in [-0.25, -0.2) is 8.42 Å². The maximum atomic E-state index is 13.9. The third-order valence-electron chi connectivity index (χ3n) is 5.78. The lowest BCUT2D eigenvalue weighted by Crippen LogP contribution is -2.52. The van der Waals surface area contributed by atoms with E-state index < -0.39 is 28.5 Å². The van der Waals surface area contributed by atoms with Gasteiger partial charge in [0.05, 0.1) is 20.6 Å². The number of carbonyl (C=O) groups excluding carboxylic acids is 2. The number of amides is 2. The molecule has 38 heavy (non-hydrogen) atoms. The van der Waals surface area contributed by atoms with E-state index in [1.807, 2.05) is 0 Å². The van der Waals surface area contributed by atoms with Crippen molar-refractivity contribution in [1.82, 2.24) is 10.2 Å². The fraction of sp³-hybridized carbons (Fsp3) is 0.259. The molecule has 202 valence electrons. The first-order chi connectivity index (χ1) is 18.1. The third kappa shape index (κ3) is 7.20. The van der Waals surface area contributed by atoms with Gasteiger partial charge >= 0.3 is 0 Å². The highest BCUT2D eigenvalue weighted by molar-refractivity contribution is 7.92. The molecule has 0 spiro atoms. The van der Waals surface area contributed by atoms with E-state index in [2.05, 4.69) is 5.32 Å². The Morgan fingerprint density at radius 2 is 1.61 bits per heavy atom. The Morgan fingerprint density at radius 1 is 0.895 bits per heavy atom. The Kier molecular flexibility index (Phi) is 10.4. The van der Waals surface area contributed by atoms with Crippen LogP contribution in [0.4, 0.5) is 5.69 Å². The van der Waals surface area contributed by atoms with Gasteiger partial charge in [0.1, 0.15) is 12.6 Å². The summed E-state index contributed by atoms with van der Waals surface area (Å²) >= 11 is 18.4. The van der Waals surface area contributed by atoms with Gasteiger partial charge in [-0.15, -0.1) is 0 Å². The monoisotopic (exact) mass is 595 g/mol. The molecule has 2 amide bonds. The van der Waals surface area contributed by atoms with Gasteiger partial charge in [0, 0.05) is 18.1 Å². The molecular weight excluding hydrogens is 569 g/mol. The van der Waals surface area contributed by atoms with Crippen molar-refractivity contribution in [2.45, 2.75) is 37.8 Å². The molecular formula is C27H28Cl3N3O4S. The Morgan fingerprint density at radius 3 is 2.21 bits per heavy atom. The highest BCUT2D eigenvalue weighted by Gasteiger charge is 2.33. The fourth-order valence-electron chi connectivity index (χ4n) is 3.93. The smallest absolute Gasteiger partial charge is 0.264 e. The predicted octanol–water partition coefficient (Wildman–Crippen LogP) is 5.79. The molecule has 1 unspecified atom stereocenters. The Labute approximate surface area is 238 Å². The molecule has 0 aliphatic heterocycles. The lowest BCUT2D eigenvalue weighted by molar-refractivity contribution is -0.140. The SMILES string of the molecule is CCNC(=O)C(CC)N(Cc1ccc(Cl)c(Cl)c1)C(=O)CN(c1cccc(Cl)c1)S(=O)(=O)c1ccccc1. The Hall–Kier alpha value is -2.78. The number of sulfonamides is 1. The van der Waals surface area contributed by atoms with Crippen LogP contribution in [0, 0.1) is 0 Å². The van der Waals surface area contributed by atoms with Gasteiger partial charge in [-0.1, -0.05) is 72.1 Å². The summed E-state index contributed by atoms with van der Waals surface area (Å²) < 4.78 is 28.4. The second kappa shape index (κ2) is 13.3. The molecule has 1 atom stereocenters. The van der Waals surface area contributed by atoms with Gasteiger partial charge in [-0.2, -0.15) is 0 Å². The molecule has 0 heterocycles. The number of nitrogens with zero attached hydrogens (tertiary/aromatic N) is 2. The minimum Gasteiger partial charge on any atom is -0.355 e. The van der Waals surface area contributed by atoms with Crippen molar-refractivity contribution in [1.29, 1.82) is 0 Å². The van der Waals surface area contributed by atoms with Gasteiger partial charge < -0.3 is 10.2 Å². The van der Waals surface area contributed by atoms with Crippen LogP contribution in [0.5, 0.6) is 0 Å². The summed E-state index contributed by atoms with van der Waals surface area (Å²) in [6, 6.07) is 18.1. The topological polar surface area (TPSA) is 86.8 Å². The number of likely N-dealkylation sites (N-methyl/N-ethyl adjacent to an activating group) is 1. The van der Waals surface area contributed by atoms with Crippen LogP contribution in [0.3, 0.4) is 0 Å². The zero-order chi connectivity index (χ0) is 27.9. The summed E-state index contributed by atoms with van der Waals surface area (Å²) in [5, 5.41) is 3.72. The van der Waals surface area contributed by atoms with Crippen LogP contribution in [0.2, 0.25) is 15.1 Å². The molecule has 11 heteroatoms. The molecule has 0 aromatic heterocycles. The van der Waals surface area contributed by atoms with Crippen LogP contribution in [0.1, 0.15) is 25.8 Å². The van der Waals surface area contributed by atoms with Crippen molar-refractivity contribution in [3.63, 3.8) is 0 Å². The first-order valence-electron chi connectivity index (χ1n) is 11.9. The van der Waals surface area contributed by atoms with E-state index in [1.54, 1.807) is 68.4 Å². The van der Waals surface area contributed by atoms with Crippen LogP contribution in [-0.4, -0.2) is 44.3 Å². The summed E-state index contributed by atoms with van der Waals surface area (Å²) in [5.74, 6) is -0.919. The van der Waals surface area contributed by atoms with Crippen LogP contribution < -0.4 is 9.62 Å². The van der Waals surface area contributed by atoms with E-state index >= 15 is 0 Å². The van der Waals surface area contributed by atoms with Gasteiger partial charge in [0.2, 0.25) is 11.8 Å². The first-order valence-corrected chi connectivity index (χ1v) is 14.5. The summed E-state index contributed by atoms with van der Waals surface area (Å²) in [5.41, 5.74) is 0.853. The number of nitrogens with one attached hydrogen (secondary N) is 1. The molecule has 1 N–H and O–H groups in total. The molecule has 7 nitrogen and oxygen atoms in total. The van der Waals surface area contributed by atoms with E-state index in [-0.39, 0.29) is 23.0 Å². The maximum Gasteiger partial charge on any atom is 0.264 e. The lowest BCUT2D eigenvalue weighted by atomic mass is 10.1. The summed E-state index contributed by atoms with van der Waals surface area (Å²) in [6.45, 7) is 3.39. The van der Waals surface area contributed by atoms with E-state index in [4.69, 9.17) is 34.8 Å². The molecule has 0 saturated heterocycles. The van der Waals surface area contributed by atoms with Crippen molar-refractivity contribution in [2.24, 2.45) is 0 Å². The van der Waals surface area contributed by atoms with E-state index in [1.165, 1.54) is 23.1 Å². The third-order valence-corrected chi connectivity index (χ3v) is 8.54. The average molecular weight is 597 g/mol. The van der Waals surface area contributed by atoms with Gasteiger partial charge in [-0.05, 0) is 61.4 Å². The van der Waals surface area contributed by atoms with E-state index in [9.17, 15) is 18.0 Å². The molecule has 3 rings (SSSR count). The summed E-state index contributed by atoms with van der Waals surface area (Å²) in [6.07, 6.45) is 0.307. The average Bonchev–Trinajstić information content (AvgIpc) is 2.89. The zero-order valence-corrected chi connectivity index (χ0v) is 24.0. The zero-order valence-electron chi connectivity index (χ0n) is 20.9. The van der Waals surface area contributed by atoms with Gasteiger partial charge in [0.25, 0.3) is 10.0 Å². The highest BCUT2D eigenvalue weighted by atomic mass is 35.5. The van der Waals surface area contributed by atoms with E-state index in [0.29, 0.717) is 33.6 Å². The van der Waals surface area contributed by atoms with Gasteiger partial charge in [-0.3, -0.25) is 13.9 Å². The van der Waals surface area contributed by atoms with Crippen LogP contribution in [0.15, 0.2) is 77.7 Å². The number of benzene rings is 3. The Bertz CT molecular complexity index is 1390. The van der Waals surface area contributed by atoms with Crippen molar-refractivity contribution in [2.75, 3.05) is 17.4 Å². The summed E-state index contributed by atoms with van der Waals surface area (Å²) in [4.78, 5) is 28.2. The quantitative estimate of drug-likeness (QED) is 0.304. The second-order valence-electron chi connectivity index (χ2n) is 8.39. The fourth-order valence-corrected chi connectivity index (χ4v) is 5.86. The Balaban J connectivity index is 2.06. The molecule has 0 saturated carbocycles. The molecule has 0 radical (unpaired) electrons. The standard InChI is InChI=1S/C27H28Cl3N3O4S/c1-3-25(27(35)31-4-2)32(17-19-13-14-23(29)24(30)15-19)26(34)18-33(21-10-8-9-20(28)16-21)38(36,37)22-11-6-5-7-12-22/h5-16,25H,3-4,17-18H2,1-2H3,(H,31,35). The van der Waals surface area contributed by atoms with Gasteiger partial charge in [0.15, 0.2) is 0 Å². The number of carbonyl (C=O) groups is 2. The molecule has 3 aromatic rings. The largest absolute Gasteiger partial charge is 0.355 e. The normalized spacial score (nSPS) is 12.0. The van der Waals surface area contributed by atoms with Crippen molar-refractivity contribution < 1.29 is 18.0 Å². The van der Waals surface area contributed by atoms with Crippen LogP contribution >= 0.6 is 34.8 Å². The van der Waals surface area contributed by atoms with Crippen molar-refractivity contribution in [3.8, 4) is 0 Å². The molecule has 0 bridgehead atoms. The summed E-state index contributed by atoms with van der Waals surface area (Å²) in [7, 11) is -4.16. The second-order valence-corrected chi connectivity index (χ2v) is 11.5. The van der Waals surface area contributed by atoms with Crippen molar-refractivity contribution >= 4 is 62.3 Å². The minimum atomic E-state index is -4.16. The number of anilines is 1. The first kappa shape index (κ1) is 29.8. The molecule has 0 aliphatic carbocycles. The molecule has 0 aliphatic rings. The van der Waals surface area contributed by atoms with Crippen LogP contribution in [0.25, 0.3) is 0 Å².